The lowest BCUT2D eigenvalue weighted by atomic mass is 10.0. The molecule has 3 rings (SSSR count). The Balaban J connectivity index is 2.39. The van der Waals surface area contributed by atoms with E-state index in [2.05, 4.69) is 9.97 Å². The Bertz CT molecular complexity index is 864. The summed E-state index contributed by atoms with van der Waals surface area (Å²) in [5, 5.41) is 9.21. The highest BCUT2D eigenvalue weighted by Gasteiger charge is 2.09. The number of hydrogen-bond donors (Lipinski definition) is 2. The van der Waals surface area contributed by atoms with Crippen LogP contribution < -0.4 is 11.2 Å². The fourth-order valence-corrected chi connectivity index (χ4v) is 2.36. The van der Waals surface area contributed by atoms with Gasteiger partial charge in [-0.25, -0.2) is 4.98 Å². The lowest BCUT2D eigenvalue weighted by molar-refractivity contribution is 0.843. The van der Waals surface area contributed by atoms with Crippen LogP contribution in [0.25, 0.3) is 22.2 Å². The average molecular weight is 265 g/mol. The Morgan fingerprint density at radius 2 is 1.95 bits per heavy atom. The van der Waals surface area contributed by atoms with Crippen molar-refractivity contribution >= 4 is 17.0 Å². The monoisotopic (exact) mass is 265 g/mol. The molecule has 0 amide bonds. The minimum Gasteiger partial charge on any atom is -0.368 e. The molecular weight excluding hydrogens is 250 g/mol. The zero-order valence-corrected chi connectivity index (χ0v) is 11.4. The predicted octanol–water partition coefficient (Wildman–Crippen LogP) is 2.01. The molecule has 0 bridgehead atoms. The van der Waals surface area contributed by atoms with E-state index in [-0.39, 0.29) is 5.95 Å². The largest absolute Gasteiger partial charge is 0.368 e. The number of benzene rings is 1. The molecular formula is C15H15N5. The molecule has 0 aliphatic carbocycles. The smallest absolute Gasteiger partial charge is 0.221 e. The third-order valence-corrected chi connectivity index (χ3v) is 3.46. The van der Waals surface area contributed by atoms with Gasteiger partial charge in [0.25, 0.3) is 0 Å². The third kappa shape index (κ3) is 1.84. The molecule has 5 heteroatoms. The molecule has 0 fully saturated rings. The highest BCUT2D eigenvalue weighted by Crippen LogP contribution is 2.22. The van der Waals surface area contributed by atoms with E-state index in [1.165, 1.54) is 0 Å². The van der Waals surface area contributed by atoms with Gasteiger partial charge in [0, 0.05) is 24.2 Å². The van der Waals surface area contributed by atoms with Crippen molar-refractivity contribution in [3.63, 3.8) is 0 Å². The minimum absolute atomic E-state index is 0.219. The summed E-state index contributed by atoms with van der Waals surface area (Å²) in [6.07, 6.45) is 1.69. The Hall–Kier alpha value is -2.69. The number of pyridine rings is 1. The third-order valence-electron chi connectivity index (χ3n) is 3.46. The van der Waals surface area contributed by atoms with Crippen LogP contribution in [0.15, 0.2) is 36.5 Å². The van der Waals surface area contributed by atoms with Crippen LogP contribution >= 0.6 is 0 Å². The summed E-state index contributed by atoms with van der Waals surface area (Å²) in [6.45, 7) is 2.04. The number of rotatable bonds is 1. The number of anilines is 1. The van der Waals surface area contributed by atoms with Gasteiger partial charge in [-0.15, -0.1) is 0 Å². The normalized spacial score (nSPS) is 10.9. The molecule has 5 nitrogen and oxygen atoms in total. The van der Waals surface area contributed by atoms with Crippen molar-refractivity contribution in [1.82, 2.24) is 14.5 Å². The van der Waals surface area contributed by atoms with Crippen LogP contribution in [0, 0.1) is 12.3 Å². The van der Waals surface area contributed by atoms with E-state index in [1.54, 1.807) is 10.8 Å². The standard InChI is InChI=1S/C15H15N5/c1-9-5-3-4-6-11(9)12-7-10-8-18-15(17)19-14(10)20(2)13(12)16/h3-8,16H,1-2H3,(H2,17,18,19). The van der Waals surface area contributed by atoms with E-state index in [0.717, 1.165) is 22.1 Å². The number of nitrogen functional groups attached to an aromatic ring is 1. The van der Waals surface area contributed by atoms with Crippen molar-refractivity contribution in [2.45, 2.75) is 6.92 Å². The molecule has 2 heterocycles. The quantitative estimate of drug-likeness (QED) is 0.706. The molecule has 0 radical (unpaired) electrons. The molecule has 3 N–H and O–H groups in total. The molecule has 0 saturated carbocycles. The number of fused-ring (bicyclic) bond motifs is 1. The first kappa shape index (κ1) is 12.3. The number of nitrogens with one attached hydrogen (secondary N) is 1. The Morgan fingerprint density at radius 3 is 2.70 bits per heavy atom. The highest BCUT2D eigenvalue weighted by molar-refractivity contribution is 5.81. The lowest BCUT2D eigenvalue weighted by Crippen LogP contribution is -2.20. The Labute approximate surface area is 116 Å². The van der Waals surface area contributed by atoms with Gasteiger partial charge in [-0.3, -0.25) is 5.41 Å². The van der Waals surface area contributed by atoms with Crippen molar-refractivity contribution in [3.8, 4) is 11.1 Å². The summed E-state index contributed by atoms with van der Waals surface area (Å²) in [6, 6.07) is 9.98. The van der Waals surface area contributed by atoms with E-state index in [4.69, 9.17) is 11.1 Å². The molecule has 0 saturated heterocycles. The van der Waals surface area contributed by atoms with Gasteiger partial charge in [0.15, 0.2) is 0 Å². The first-order chi connectivity index (χ1) is 9.58. The topological polar surface area (TPSA) is 80.6 Å². The Kier molecular flexibility index (Phi) is 2.75. The van der Waals surface area contributed by atoms with Gasteiger partial charge in [-0.05, 0) is 24.1 Å². The van der Waals surface area contributed by atoms with Gasteiger partial charge in [0.1, 0.15) is 11.1 Å². The summed E-state index contributed by atoms with van der Waals surface area (Å²) in [7, 11) is 1.82. The molecule has 0 spiro atoms. The fourth-order valence-electron chi connectivity index (χ4n) is 2.36. The van der Waals surface area contributed by atoms with Crippen LogP contribution in [-0.4, -0.2) is 14.5 Å². The lowest BCUT2D eigenvalue weighted by Gasteiger charge is -2.11. The summed E-state index contributed by atoms with van der Waals surface area (Å²) in [4.78, 5) is 8.23. The maximum absolute atomic E-state index is 8.34. The van der Waals surface area contributed by atoms with Gasteiger partial charge in [-0.1, -0.05) is 24.3 Å². The number of hydrogen-bond acceptors (Lipinski definition) is 4. The van der Waals surface area contributed by atoms with Gasteiger partial charge in [0.05, 0.1) is 0 Å². The second-order valence-corrected chi connectivity index (χ2v) is 4.79. The zero-order chi connectivity index (χ0) is 14.3. The molecule has 2 aromatic heterocycles. The van der Waals surface area contributed by atoms with E-state index < -0.39 is 0 Å². The Morgan fingerprint density at radius 1 is 1.20 bits per heavy atom. The number of aryl methyl sites for hydroxylation is 2. The molecule has 0 unspecified atom stereocenters. The molecule has 0 aliphatic rings. The van der Waals surface area contributed by atoms with Crippen LogP contribution in [-0.2, 0) is 7.05 Å². The molecule has 0 atom stereocenters. The highest BCUT2D eigenvalue weighted by atomic mass is 15.1. The number of aromatic nitrogens is 3. The van der Waals surface area contributed by atoms with Gasteiger partial charge < -0.3 is 10.3 Å². The van der Waals surface area contributed by atoms with E-state index in [1.807, 2.05) is 44.3 Å². The van der Waals surface area contributed by atoms with Crippen molar-refractivity contribution < 1.29 is 0 Å². The van der Waals surface area contributed by atoms with Crippen molar-refractivity contribution in [2.24, 2.45) is 7.05 Å². The van der Waals surface area contributed by atoms with Crippen molar-refractivity contribution in [3.05, 3.63) is 47.6 Å². The SMILES string of the molecule is Cc1ccccc1-c1cc2cnc(N)nc2n(C)c1=N. The second kappa shape index (κ2) is 4.45. The summed E-state index contributed by atoms with van der Waals surface area (Å²) < 4.78 is 1.73. The fraction of sp³-hybridized carbons (Fsp3) is 0.133. The van der Waals surface area contributed by atoms with Crippen LogP contribution in [0.2, 0.25) is 0 Å². The van der Waals surface area contributed by atoms with Gasteiger partial charge in [-0.2, -0.15) is 4.98 Å². The zero-order valence-electron chi connectivity index (χ0n) is 11.4. The number of nitrogens with two attached hydrogens (primary N) is 1. The van der Waals surface area contributed by atoms with Gasteiger partial charge >= 0.3 is 0 Å². The van der Waals surface area contributed by atoms with Crippen molar-refractivity contribution in [2.75, 3.05) is 5.73 Å². The van der Waals surface area contributed by atoms with E-state index >= 15 is 0 Å². The van der Waals surface area contributed by atoms with Crippen LogP contribution in [0.5, 0.6) is 0 Å². The van der Waals surface area contributed by atoms with Crippen molar-refractivity contribution in [1.29, 1.82) is 5.41 Å². The molecule has 100 valence electrons. The molecule has 0 aliphatic heterocycles. The van der Waals surface area contributed by atoms with E-state index in [9.17, 15) is 0 Å². The molecule has 3 aromatic rings. The maximum Gasteiger partial charge on any atom is 0.221 e. The first-order valence-electron chi connectivity index (χ1n) is 6.31. The average Bonchev–Trinajstić information content (AvgIpc) is 2.44. The first-order valence-corrected chi connectivity index (χ1v) is 6.31. The molecule has 20 heavy (non-hydrogen) atoms. The molecule has 1 aromatic carbocycles. The second-order valence-electron chi connectivity index (χ2n) is 4.79. The van der Waals surface area contributed by atoms with E-state index in [0.29, 0.717) is 11.1 Å². The predicted molar refractivity (Wildman–Crippen MR) is 78.9 cm³/mol. The summed E-state index contributed by atoms with van der Waals surface area (Å²) >= 11 is 0. The van der Waals surface area contributed by atoms with Crippen LogP contribution in [0.1, 0.15) is 5.56 Å². The minimum atomic E-state index is 0.219. The summed E-state index contributed by atoms with van der Waals surface area (Å²) in [5.74, 6) is 0.219. The summed E-state index contributed by atoms with van der Waals surface area (Å²) in [5.41, 5.74) is 9.74. The van der Waals surface area contributed by atoms with Gasteiger partial charge in [0.2, 0.25) is 5.95 Å². The van der Waals surface area contributed by atoms with Crippen LogP contribution in [0.3, 0.4) is 0 Å². The van der Waals surface area contributed by atoms with Crippen LogP contribution in [0.4, 0.5) is 5.95 Å². The maximum atomic E-state index is 8.34. The number of nitrogens with zero attached hydrogens (tertiary/aromatic N) is 3.